The van der Waals surface area contributed by atoms with E-state index in [2.05, 4.69) is 25.3 Å². The van der Waals surface area contributed by atoms with Gasteiger partial charge in [0.25, 0.3) is 0 Å². The number of rotatable bonds is 0. The molecule has 2 rings (SSSR count). The smallest absolute Gasteiger partial charge is 0.0112 e. The van der Waals surface area contributed by atoms with Crippen molar-refractivity contribution in [2.24, 2.45) is 0 Å². The highest BCUT2D eigenvalue weighted by Crippen LogP contribution is 1.87. The van der Waals surface area contributed by atoms with Gasteiger partial charge in [-0.2, -0.15) is 0 Å². The summed E-state index contributed by atoms with van der Waals surface area (Å²) in [4.78, 5) is 0. The normalized spacial score (nSPS) is 10.4. The van der Waals surface area contributed by atoms with Crippen LogP contribution in [0.5, 0.6) is 0 Å². The van der Waals surface area contributed by atoms with Crippen LogP contribution in [0.25, 0.3) is 13.2 Å². The fraction of sp³-hybridized carbons (Fsp3) is 0.222. The van der Waals surface area contributed by atoms with Crippen molar-refractivity contribution < 1.29 is 0 Å². The molecule has 0 amide bonds. The fourth-order valence-electron chi connectivity index (χ4n) is 1.57. The molecular formula is C18H24. The summed E-state index contributed by atoms with van der Waals surface area (Å²) < 4.78 is 0. The van der Waals surface area contributed by atoms with Crippen LogP contribution in [0.15, 0.2) is 48.5 Å². The van der Waals surface area contributed by atoms with Gasteiger partial charge in [-0.25, -0.2) is 0 Å². The summed E-state index contributed by atoms with van der Waals surface area (Å²) in [6, 6.07) is 16.2. The third-order valence-corrected chi connectivity index (χ3v) is 2.32. The van der Waals surface area contributed by atoms with E-state index in [9.17, 15) is 0 Å². The second-order valence-corrected chi connectivity index (χ2v) is 3.31. The molecule has 0 saturated heterocycles. The molecule has 0 N–H and O–H groups in total. The summed E-state index contributed by atoms with van der Waals surface area (Å²) in [6.45, 7) is 16.0. The number of hydrogen-bond donors (Lipinski definition) is 0. The summed E-state index contributed by atoms with van der Waals surface area (Å²) in [6.07, 6.45) is 0. The van der Waals surface area contributed by atoms with Gasteiger partial charge in [0.05, 0.1) is 0 Å². The predicted molar refractivity (Wildman–Crippen MR) is 83.5 cm³/mol. The Labute approximate surface area is 111 Å². The van der Waals surface area contributed by atoms with Gasteiger partial charge in [0, 0.05) is 0 Å². The van der Waals surface area contributed by atoms with E-state index in [0.717, 1.165) is 20.9 Å². The first kappa shape index (κ1) is 16.2. The van der Waals surface area contributed by atoms with Crippen LogP contribution in [0, 0.1) is 10.4 Å². The van der Waals surface area contributed by atoms with Gasteiger partial charge in [0.1, 0.15) is 0 Å². The zero-order chi connectivity index (χ0) is 14.0. The van der Waals surface area contributed by atoms with E-state index in [1.807, 2.05) is 64.1 Å². The van der Waals surface area contributed by atoms with Crippen LogP contribution < -0.4 is 10.4 Å². The van der Waals surface area contributed by atoms with Crippen molar-refractivity contribution in [2.45, 2.75) is 27.7 Å². The van der Waals surface area contributed by atoms with Crippen molar-refractivity contribution in [1.29, 1.82) is 0 Å². The van der Waals surface area contributed by atoms with Crippen LogP contribution in [-0.2, 0) is 0 Å². The maximum atomic E-state index is 4.01. The largest absolute Gasteiger partial charge is 0.0911 e. The predicted octanol–water partition coefficient (Wildman–Crippen LogP) is 3.85. The van der Waals surface area contributed by atoms with Gasteiger partial charge in [-0.1, -0.05) is 89.4 Å². The van der Waals surface area contributed by atoms with Gasteiger partial charge in [-0.3, -0.25) is 0 Å². The second kappa shape index (κ2) is 9.23. The lowest BCUT2D eigenvalue weighted by Crippen LogP contribution is -2.05. The maximum Gasteiger partial charge on any atom is -0.0112 e. The lowest BCUT2D eigenvalue weighted by atomic mass is 10.1. The third-order valence-electron chi connectivity index (χ3n) is 2.32. The van der Waals surface area contributed by atoms with Gasteiger partial charge < -0.3 is 0 Å². The lowest BCUT2D eigenvalue weighted by molar-refractivity contribution is 1.41. The minimum atomic E-state index is 1.05. The topological polar surface area (TPSA) is 0 Å². The van der Waals surface area contributed by atoms with E-state index in [1.54, 1.807) is 0 Å². The molecular weight excluding hydrogens is 216 g/mol. The van der Waals surface area contributed by atoms with Gasteiger partial charge in [0.2, 0.25) is 0 Å². The molecule has 0 aromatic heterocycles. The molecule has 0 nitrogen and oxygen atoms in total. The monoisotopic (exact) mass is 240 g/mol. The third kappa shape index (κ3) is 4.21. The summed E-state index contributed by atoms with van der Waals surface area (Å²) in [7, 11) is 0. The van der Waals surface area contributed by atoms with E-state index < -0.39 is 0 Å². The second-order valence-electron chi connectivity index (χ2n) is 3.31. The molecule has 0 aliphatic carbocycles. The van der Waals surface area contributed by atoms with Crippen LogP contribution in [0.4, 0.5) is 0 Å². The highest BCUT2D eigenvalue weighted by molar-refractivity contribution is 5.21. The Morgan fingerprint density at radius 2 is 0.833 bits per heavy atom. The minimum Gasteiger partial charge on any atom is -0.0911 e. The Bertz CT molecular complexity index is 566. The molecule has 0 unspecified atom stereocenters. The Morgan fingerprint density at radius 1 is 0.556 bits per heavy atom. The molecule has 2 aromatic rings. The van der Waals surface area contributed by atoms with Crippen molar-refractivity contribution in [3.63, 3.8) is 0 Å². The molecule has 0 aliphatic rings. The van der Waals surface area contributed by atoms with Crippen LogP contribution in [0.1, 0.15) is 27.7 Å². The Balaban J connectivity index is 0.000000659. The van der Waals surface area contributed by atoms with E-state index >= 15 is 0 Å². The number of hydrogen-bond acceptors (Lipinski definition) is 0. The zero-order valence-corrected chi connectivity index (χ0v) is 12.0. The average Bonchev–Trinajstić information content (AvgIpc) is 2.45. The van der Waals surface area contributed by atoms with Gasteiger partial charge in [0.15, 0.2) is 0 Å². The van der Waals surface area contributed by atoms with Crippen LogP contribution >= 0.6 is 0 Å². The van der Waals surface area contributed by atoms with Gasteiger partial charge in [-0.05, 0) is 20.9 Å². The highest BCUT2D eigenvalue weighted by Gasteiger charge is 1.84. The first-order valence-electron chi connectivity index (χ1n) is 6.61. The molecule has 0 atom stereocenters. The van der Waals surface area contributed by atoms with Crippen molar-refractivity contribution in [2.75, 3.05) is 0 Å². The molecule has 0 heterocycles. The average molecular weight is 240 g/mol. The Hall–Kier alpha value is -1.82. The lowest BCUT2D eigenvalue weighted by Gasteiger charge is -1.90. The SMILES string of the molecule is C=c1cccc/c1=c1\ccccc1=C.CC.CC. The molecule has 0 aliphatic heterocycles. The molecule has 0 spiro atoms. The molecule has 18 heavy (non-hydrogen) atoms. The number of benzene rings is 2. The summed E-state index contributed by atoms with van der Waals surface area (Å²) in [5.74, 6) is 0. The van der Waals surface area contributed by atoms with Crippen molar-refractivity contribution >= 4 is 13.2 Å². The van der Waals surface area contributed by atoms with E-state index in [4.69, 9.17) is 0 Å². The quantitative estimate of drug-likeness (QED) is 0.656. The Morgan fingerprint density at radius 3 is 1.11 bits per heavy atom. The minimum absolute atomic E-state index is 1.05. The fourth-order valence-corrected chi connectivity index (χ4v) is 1.57. The van der Waals surface area contributed by atoms with Gasteiger partial charge in [-0.15, -0.1) is 0 Å². The van der Waals surface area contributed by atoms with E-state index in [0.29, 0.717) is 0 Å². The Kier molecular flexibility index (Phi) is 8.30. The van der Waals surface area contributed by atoms with E-state index in [1.165, 1.54) is 0 Å². The highest BCUT2D eigenvalue weighted by atomic mass is 13.9. The van der Waals surface area contributed by atoms with Crippen LogP contribution in [-0.4, -0.2) is 0 Å². The van der Waals surface area contributed by atoms with Crippen molar-refractivity contribution in [3.8, 4) is 0 Å². The summed E-state index contributed by atoms with van der Waals surface area (Å²) in [5.41, 5.74) is 0. The van der Waals surface area contributed by atoms with Gasteiger partial charge >= 0.3 is 0 Å². The molecule has 0 fully saturated rings. The molecule has 0 saturated carbocycles. The summed E-state index contributed by atoms with van der Waals surface area (Å²) in [5, 5.41) is 4.42. The van der Waals surface area contributed by atoms with Crippen LogP contribution in [0.2, 0.25) is 0 Å². The van der Waals surface area contributed by atoms with Crippen LogP contribution in [0.3, 0.4) is 0 Å². The molecule has 96 valence electrons. The van der Waals surface area contributed by atoms with Crippen molar-refractivity contribution in [1.82, 2.24) is 0 Å². The molecule has 0 bridgehead atoms. The molecule has 0 radical (unpaired) electrons. The first-order valence-corrected chi connectivity index (χ1v) is 6.61. The van der Waals surface area contributed by atoms with Crippen molar-refractivity contribution in [3.05, 3.63) is 69.4 Å². The first-order chi connectivity index (χ1) is 8.79. The molecule has 0 heteroatoms. The summed E-state index contributed by atoms with van der Waals surface area (Å²) >= 11 is 0. The molecule has 2 aromatic carbocycles. The standard InChI is InChI=1S/C14H12.2C2H6/c1-11-7-3-5-9-13(11)14-10-6-4-8-12(14)2;2*1-2/h3-10H,1-2H2;2*1-2H3/b14-13-;;. The van der Waals surface area contributed by atoms with E-state index in [-0.39, 0.29) is 0 Å². The zero-order valence-electron chi connectivity index (χ0n) is 12.0. The maximum absolute atomic E-state index is 4.01.